The number of hydrogen-bond acceptors (Lipinski definition) is 7. The number of nitrogens with zero attached hydrogens (tertiary/aromatic N) is 1. The van der Waals surface area contributed by atoms with Crippen LogP contribution in [-0.2, 0) is 16.1 Å². The number of rotatable bonds is 7. The molecule has 2 rings (SSSR count). The van der Waals surface area contributed by atoms with Gasteiger partial charge in [-0.25, -0.2) is 9.59 Å². The van der Waals surface area contributed by atoms with Gasteiger partial charge >= 0.3 is 12.0 Å². The molecule has 0 saturated carbocycles. The van der Waals surface area contributed by atoms with Gasteiger partial charge in [0.1, 0.15) is 18.1 Å². The molecule has 9 nitrogen and oxygen atoms in total. The zero-order valence-electron chi connectivity index (χ0n) is 17.1. The number of benzene rings is 1. The fraction of sp³-hybridized carbons (Fsp3) is 0.400. The molecule has 2 N–H and O–H groups in total. The molecule has 156 valence electrons. The predicted molar refractivity (Wildman–Crippen MR) is 103 cm³/mol. The lowest BCUT2D eigenvalue weighted by Crippen LogP contribution is -2.46. The van der Waals surface area contributed by atoms with E-state index in [1.165, 1.54) is 19.1 Å². The highest BCUT2D eigenvalue weighted by molar-refractivity contribution is 5.98. The molecule has 1 aromatic carbocycles. The molecule has 0 unspecified atom stereocenters. The minimum atomic E-state index is -1.13. The fourth-order valence-corrected chi connectivity index (χ4v) is 2.34. The molecule has 0 bridgehead atoms. The lowest BCUT2D eigenvalue weighted by atomic mass is 10.2. The molecule has 1 aromatic heterocycles. The Kier molecular flexibility index (Phi) is 7.35. The molecule has 9 heteroatoms. The van der Waals surface area contributed by atoms with Crippen LogP contribution in [0.15, 0.2) is 28.8 Å². The van der Waals surface area contributed by atoms with Crippen molar-refractivity contribution in [3.63, 3.8) is 0 Å². The molecule has 29 heavy (non-hydrogen) atoms. The zero-order valence-corrected chi connectivity index (χ0v) is 17.1. The van der Waals surface area contributed by atoms with Crippen molar-refractivity contribution < 1.29 is 28.4 Å². The van der Waals surface area contributed by atoms with E-state index in [1.54, 1.807) is 26.0 Å². The van der Waals surface area contributed by atoms with Crippen LogP contribution in [0.3, 0.4) is 0 Å². The minimum Gasteiger partial charge on any atom is -0.489 e. The first-order chi connectivity index (χ1) is 13.7. The van der Waals surface area contributed by atoms with E-state index in [2.05, 4.69) is 15.8 Å². The number of ether oxygens (including phenoxy) is 2. The van der Waals surface area contributed by atoms with E-state index in [0.717, 1.165) is 11.3 Å². The molecular formula is C20H25N3O6. The van der Waals surface area contributed by atoms with Crippen molar-refractivity contribution in [2.75, 3.05) is 0 Å². The summed E-state index contributed by atoms with van der Waals surface area (Å²) in [6.07, 6.45) is -1.13. The summed E-state index contributed by atoms with van der Waals surface area (Å²) >= 11 is 0. The quantitative estimate of drug-likeness (QED) is 0.682. The van der Waals surface area contributed by atoms with E-state index in [9.17, 15) is 14.4 Å². The van der Waals surface area contributed by atoms with E-state index >= 15 is 0 Å². The van der Waals surface area contributed by atoms with Crippen LogP contribution < -0.4 is 15.4 Å². The lowest BCUT2D eigenvalue weighted by molar-refractivity contribution is -0.127. The Labute approximate surface area is 168 Å². The van der Waals surface area contributed by atoms with Gasteiger partial charge in [0, 0.05) is 6.04 Å². The van der Waals surface area contributed by atoms with Gasteiger partial charge in [-0.05, 0) is 58.9 Å². The summed E-state index contributed by atoms with van der Waals surface area (Å²) in [6, 6.07) is 5.53. The van der Waals surface area contributed by atoms with Crippen LogP contribution in [0.1, 0.15) is 48.1 Å². The van der Waals surface area contributed by atoms with Crippen LogP contribution in [0.5, 0.6) is 5.75 Å². The number of aromatic nitrogens is 1. The molecule has 0 spiro atoms. The molecule has 2 aromatic rings. The Morgan fingerprint density at radius 2 is 1.76 bits per heavy atom. The molecule has 0 aliphatic heterocycles. The minimum absolute atomic E-state index is 0.126. The van der Waals surface area contributed by atoms with Crippen LogP contribution in [0, 0.1) is 13.8 Å². The summed E-state index contributed by atoms with van der Waals surface area (Å²) in [5.41, 5.74) is 1.88. The SMILES string of the molecule is Cc1noc(C)c1COc1ccc(C(=O)O[C@@H](C)C(=O)NC(=O)NC(C)C)cc1. The summed E-state index contributed by atoms with van der Waals surface area (Å²) in [6.45, 7) is 8.84. The number of imide groups is 1. The number of urea groups is 1. The van der Waals surface area contributed by atoms with E-state index in [0.29, 0.717) is 18.1 Å². The largest absolute Gasteiger partial charge is 0.489 e. The number of hydrogen-bond donors (Lipinski definition) is 2. The van der Waals surface area contributed by atoms with E-state index < -0.39 is 24.0 Å². The Morgan fingerprint density at radius 1 is 1.10 bits per heavy atom. The van der Waals surface area contributed by atoms with Crippen molar-refractivity contribution in [3.05, 3.63) is 46.8 Å². The predicted octanol–water partition coefficient (Wildman–Crippen LogP) is 2.65. The second kappa shape index (κ2) is 9.72. The van der Waals surface area contributed by atoms with Gasteiger partial charge in [0.2, 0.25) is 0 Å². The van der Waals surface area contributed by atoms with Gasteiger partial charge in [0.25, 0.3) is 5.91 Å². The van der Waals surface area contributed by atoms with Gasteiger partial charge in [-0.3, -0.25) is 10.1 Å². The summed E-state index contributed by atoms with van der Waals surface area (Å²) in [7, 11) is 0. The lowest BCUT2D eigenvalue weighted by Gasteiger charge is -2.14. The van der Waals surface area contributed by atoms with E-state index in [1.807, 2.05) is 13.8 Å². The smallest absolute Gasteiger partial charge is 0.338 e. The normalized spacial score (nSPS) is 11.7. The molecule has 1 atom stereocenters. The first-order valence-electron chi connectivity index (χ1n) is 9.14. The fourth-order valence-electron chi connectivity index (χ4n) is 2.34. The number of carbonyl (C=O) groups excluding carboxylic acids is 3. The van der Waals surface area contributed by atoms with Gasteiger partial charge in [-0.1, -0.05) is 5.16 Å². The maximum absolute atomic E-state index is 12.2. The highest BCUT2D eigenvalue weighted by Gasteiger charge is 2.21. The summed E-state index contributed by atoms with van der Waals surface area (Å²) in [5, 5.41) is 8.50. The van der Waals surface area contributed by atoms with Crippen LogP contribution in [0.4, 0.5) is 4.79 Å². The molecule has 0 saturated heterocycles. The third-order valence-corrected chi connectivity index (χ3v) is 3.96. The third kappa shape index (κ3) is 6.34. The van der Waals surface area contributed by atoms with Crippen molar-refractivity contribution in [1.82, 2.24) is 15.8 Å². The molecule has 0 fully saturated rings. The Bertz CT molecular complexity index is 853. The van der Waals surface area contributed by atoms with Gasteiger partial charge in [0.15, 0.2) is 6.10 Å². The molecule has 0 radical (unpaired) electrons. The maximum Gasteiger partial charge on any atom is 0.338 e. The zero-order chi connectivity index (χ0) is 21.6. The standard InChI is InChI=1S/C20H25N3O6/c1-11(2)21-20(26)22-18(24)14(5)28-19(25)15-6-8-16(9-7-15)27-10-17-12(3)23-29-13(17)4/h6-9,11,14H,10H2,1-5H3,(H2,21,22,24,26)/t14-/m0/s1. The highest BCUT2D eigenvalue weighted by Crippen LogP contribution is 2.18. The second-order valence-corrected chi connectivity index (χ2v) is 6.78. The third-order valence-electron chi connectivity index (χ3n) is 3.96. The van der Waals surface area contributed by atoms with Gasteiger partial charge in [-0.15, -0.1) is 0 Å². The average Bonchev–Trinajstić information content (AvgIpc) is 2.97. The highest BCUT2D eigenvalue weighted by atomic mass is 16.5. The molecule has 1 heterocycles. The molecule has 0 aliphatic rings. The molecule has 0 aliphatic carbocycles. The van der Waals surface area contributed by atoms with Crippen LogP contribution in [0.25, 0.3) is 0 Å². The number of amides is 3. The van der Waals surface area contributed by atoms with Crippen molar-refractivity contribution in [1.29, 1.82) is 0 Å². The Balaban J connectivity index is 1.88. The van der Waals surface area contributed by atoms with Crippen molar-refractivity contribution in [2.24, 2.45) is 0 Å². The van der Waals surface area contributed by atoms with Gasteiger partial charge in [0.05, 0.1) is 16.8 Å². The first-order valence-corrected chi connectivity index (χ1v) is 9.14. The van der Waals surface area contributed by atoms with Gasteiger partial charge in [-0.2, -0.15) is 0 Å². The molecule has 3 amide bonds. The number of nitrogens with one attached hydrogen (secondary N) is 2. The monoisotopic (exact) mass is 403 g/mol. The van der Waals surface area contributed by atoms with Crippen molar-refractivity contribution in [2.45, 2.75) is 53.4 Å². The average molecular weight is 403 g/mol. The summed E-state index contributed by atoms with van der Waals surface area (Å²) in [4.78, 5) is 35.7. The van der Waals surface area contributed by atoms with Crippen molar-refractivity contribution >= 4 is 17.9 Å². The number of carbonyl (C=O) groups is 3. The second-order valence-electron chi connectivity index (χ2n) is 6.78. The first kappa shape index (κ1) is 21.9. The maximum atomic E-state index is 12.2. The number of aryl methyl sites for hydroxylation is 2. The van der Waals surface area contributed by atoms with Crippen LogP contribution in [0.2, 0.25) is 0 Å². The summed E-state index contributed by atoms with van der Waals surface area (Å²) < 4.78 is 15.9. The molecular weight excluding hydrogens is 378 g/mol. The summed E-state index contributed by atoms with van der Waals surface area (Å²) in [5.74, 6) is -0.153. The number of esters is 1. The van der Waals surface area contributed by atoms with E-state index in [-0.39, 0.29) is 11.6 Å². The van der Waals surface area contributed by atoms with Crippen LogP contribution in [-0.4, -0.2) is 35.2 Å². The Morgan fingerprint density at radius 3 is 2.31 bits per heavy atom. The van der Waals surface area contributed by atoms with Gasteiger partial charge < -0.3 is 19.3 Å². The topological polar surface area (TPSA) is 120 Å². The van der Waals surface area contributed by atoms with E-state index in [4.69, 9.17) is 14.0 Å². The van der Waals surface area contributed by atoms with Crippen LogP contribution >= 0.6 is 0 Å². The van der Waals surface area contributed by atoms with Crippen molar-refractivity contribution in [3.8, 4) is 5.75 Å². The Hall–Kier alpha value is -3.36.